The molecule has 0 fully saturated rings. The molecule has 0 unspecified atom stereocenters. The van der Waals surface area contributed by atoms with Crippen molar-refractivity contribution in [3.05, 3.63) is 44.6 Å². The number of thiophene rings is 1. The third-order valence-corrected chi connectivity index (χ3v) is 5.29. The average Bonchev–Trinajstić information content (AvgIpc) is 2.89. The van der Waals surface area contributed by atoms with Gasteiger partial charge < -0.3 is 14.8 Å². The van der Waals surface area contributed by atoms with E-state index in [1.807, 2.05) is 32.0 Å². The molecule has 0 saturated carbocycles. The monoisotopic (exact) mass is 359 g/mol. The molecule has 0 radical (unpaired) electrons. The van der Waals surface area contributed by atoms with Gasteiger partial charge in [0.2, 0.25) is 5.95 Å². The number of hydrogen-bond donors (Lipinski definition) is 2. The summed E-state index contributed by atoms with van der Waals surface area (Å²) >= 11 is 1.54. The maximum absolute atomic E-state index is 12.3. The van der Waals surface area contributed by atoms with Crippen molar-refractivity contribution in [2.24, 2.45) is 0 Å². The Balaban J connectivity index is 1.72. The molecule has 0 aliphatic heterocycles. The molecule has 0 atom stereocenters. The lowest BCUT2D eigenvalue weighted by molar-refractivity contribution is 0.354. The Morgan fingerprint density at radius 2 is 1.96 bits per heavy atom. The SMILES string of the molecule is COc1ccc(CCNc2nc3sc(C)c(C)c3c(=O)[nH]2)cc1OC. The Hall–Kier alpha value is -2.54. The summed E-state index contributed by atoms with van der Waals surface area (Å²) in [5, 5.41) is 3.88. The number of H-pyrrole nitrogens is 1. The van der Waals surface area contributed by atoms with Crippen LogP contribution in [0.5, 0.6) is 11.5 Å². The molecule has 0 saturated heterocycles. The van der Waals surface area contributed by atoms with Gasteiger partial charge in [-0.3, -0.25) is 9.78 Å². The average molecular weight is 359 g/mol. The number of hydrogen-bond acceptors (Lipinski definition) is 6. The van der Waals surface area contributed by atoms with Crippen LogP contribution >= 0.6 is 11.3 Å². The summed E-state index contributed by atoms with van der Waals surface area (Å²) in [5.41, 5.74) is 2.02. The van der Waals surface area contributed by atoms with E-state index in [2.05, 4.69) is 15.3 Å². The summed E-state index contributed by atoms with van der Waals surface area (Å²) in [6.07, 6.45) is 0.768. The number of methoxy groups -OCH3 is 2. The van der Waals surface area contributed by atoms with Gasteiger partial charge in [0.25, 0.3) is 5.56 Å². The van der Waals surface area contributed by atoms with E-state index in [0.717, 1.165) is 27.3 Å². The highest BCUT2D eigenvalue weighted by molar-refractivity contribution is 7.18. The van der Waals surface area contributed by atoms with Crippen LogP contribution < -0.4 is 20.3 Å². The summed E-state index contributed by atoms with van der Waals surface area (Å²) in [6, 6.07) is 5.83. The maximum atomic E-state index is 12.3. The predicted octanol–water partition coefficient (Wildman–Crippen LogP) is 3.27. The zero-order valence-electron chi connectivity index (χ0n) is 14.7. The number of anilines is 1. The minimum atomic E-state index is -0.0968. The van der Waals surface area contributed by atoms with Gasteiger partial charge in [-0.05, 0) is 43.5 Å². The molecule has 0 aliphatic rings. The highest BCUT2D eigenvalue weighted by atomic mass is 32.1. The summed E-state index contributed by atoms with van der Waals surface area (Å²) < 4.78 is 10.6. The first-order chi connectivity index (χ1) is 12.0. The fourth-order valence-electron chi connectivity index (χ4n) is 2.70. The predicted molar refractivity (Wildman–Crippen MR) is 101 cm³/mol. The zero-order valence-corrected chi connectivity index (χ0v) is 15.5. The Morgan fingerprint density at radius 3 is 2.68 bits per heavy atom. The van der Waals surface area contributed by atoms with E-state index in [1.165, 1.54) is 0 Å². The summed E-state index contributed by atoms with van der Waals surface area (Å²) in [5.74, 6) is 1.91. The van der Waals surface area contributed by atoms with Crippen molar-refractivity contribution in [1.29, 1.82) is 0 Å². The Kier molecular flexibility index (Phi) is 4.94. The first-order valence-corrected chi connectivity index (χ1v) is 8.80. The molecule has 2 aromatic heterocycles. The third-order valence-electron chi connectivity index (χ3n) is 4.19. The van der Waals surface area contributed by atoms with Gasteiger partial charge in [-0.25, -0.2) is 4.98 Å². The van der Waals surface area contributed by atoms with Crippen molar-refractivity contribution in [2.45, 2.75) is 20.3 Å². The number of fused-ring (bicyclic) bond motifs is 1. The number of nitrogens with one attached hydrogen (secondary N) is 2. The van der Waals surface area contributed by atoms with Crippen molar-refractivity contribution < 1.29 is 9.47 Å². The summed E-state index contributed by atoms with van der Waals surface area (Å²) in [4.78, 5) is 21.5. The molecule has 3 rings (SSSR count). The van der Waals surface area contributed by atoms with Crippen molar-refractivity contribution in [2.75, 3.05) is 26.1 Å². The lowest BCUT2D eigenvalue weighted by Crippen LogP contribution is -2.14. The van der Waals surface area contributed by atoms with Crippen LogP contribution in [0.3, 0.4) is 0 Å². The van der Waals surface area contributed by atoms with Crippen LogP contribution in [-0.4, -0.2) is 30.7 Å². The summed E-state index contributed by atoms with van der Waals surface area (Å²) in [7, 11) is 3.24. The lowest BCUT2D eigenvalue weighted by atomic mass is 10.1. The van der Waals surface area contributed by atoms with Crippen molar-refractivity contribution in [3.63, 3.8) is 0 Å². The van der Waals surface area contributed by atoms with Crippen LogP contribution in [0, 0.1) is 13.8 Å². The minimum Gasteiger partial charge on any atom is -0.493 e. The highest BCUT2D eigenvalue weighted by Gasteiger charge is 2.11. The van der Waals surface area contributed by atoms with Gasteiger partial charge in [0.15, 0.2) is 11.5 Å². The normalized spacial score (nSPS) is 10.9. The van der Waals surface area contributed by atoms with Gasteiger partial charge in [0.1, 0.15) is 4.83 Å². The molecule has 132 valence electrons. The molecule has 0 amide bonds. The molecule has 0 spiro atoms. The molecule has 2 heterocycles. The standard InChI is InChI=1S/C18H21N3O3S/c1-10-11(2)25-17-15(10)16(22)20-18(21-17)19-8-7-12-5-6-13(23-3)14(9-12)24-4/h5-6,9H,7-8H2,1-4H3,(H2,19,20,21,22). The van der Waals surface area contributed by atoms with Gasteiger partial charge in [-0.1, -0.05) is 6.07 Å². The van der Waals surface area contributed by atoms with E-state index >= 15 is 0 Å². The molecule has 0 aliphatic carbocycles. The number of ether oxygens (including phenoxy) is 2. The number of rotatable bonds is 6. The number of aryl methyl sites for hydroxylation is 2. The van der Waals surface area contributed by atoms with Crippen molar-refractivity contribution in [3.8, 4) is 11.5 Å². The minimum absolute atomic E-state index is 0.0968. The van der Waals surface area contributed by atoms with Crippen LogP contribution in [-0.2, 0) is 6.42 Å². The van der Waals surface area contributed by atoms with Gasteiger partial charge in [-0.15, -0.1) is 11.3 Å². The van der Waals surface area contributed by atoms with Crippen LogP contribution in [0.4, 0.5) is 5.95 Å². The van der Waals surface area contributed by atoms with Crippen LogP contribution in [0.25, 0.3) is 10.2 Å². The molecular formula is C18H21N3O3S. The van der Waals surface area contributed by atoms with Crippen LogP contribution in [0.1, 0.15) is 16.0 Å². The molecular weight excluding hydrogens is 338 g/mol. The number of aromatic amines is 1. The van der Waals surface area contributed by atoms with E-state index in [0.29, 0.717) is 29.4 Å². The zero-order chi connectivity index (χ0) is 18.0. The maximum Gasteiger partial charge on any atom is 0.261 e. The van der Waals surface area contributed by atoms with Gasteiger partial charge in [0, 0.05) is 11.4 Å². The summed E-state index contributed by atoms with van der Waals surface area (Å²) in [6.45, 7) is 4.60. The van der Waals surface area contributed by atoms with E-state index in [1.54, 1.807) is 25.6 Å². The van der Waals surface area contributed by atoms with E-state index in [4.69, 9.17) is 9.47 Å². The first kappa shape index (κ1) is 17.3. The number of aromatic nitrogens is 2. The third kappa shape index (κ3) is 3.46. The quantitative estimate of drug-likeness (QED) is 0.706. The van der Waals surface area contributed by atoms with Gasteiger partial charge in [0.05, 0.1) is 19.6 Å². The van der Waals surface area contributed by atoms with Crippen LogP contribution in [0.2, 0.25) is 0 Å². The number of nitrogens with zero attached hydrogens (tertiary/aromatic N) is 1. The van der Waals surface area contributed by atoms with Crippen molar-refractivity contribution in [1.82, 2.24) is 9.97 Å². The second-order valence-electron chi connectivity index (χ2n) is 5.74. The Labute approximate surface area is 149 Å². The molecule has 7 heteroatoms. The molecule has 3 aromatic rings. The molecule has 0 bridgehead atoms. The molecule has 6 nitrogen and oxygen atoms in total. The van der Waals surface area contributed by atoms with E-state index < -0.39 is 0 Å². The van der Waals surface area contributed by atoms with E-state index in [-0.39, 0.29) is 5.56 Å². The Bertz CT molecular complexity index is 962. The highest BCUT2D eigenvalue weighted by Crippen LogP contribution is 2.28. The second kappa shape index (κ2) is 7.14. The largest absolute Gasteiger partial charge is 0.493 e. The van der Waals surface area contributed by atoms with E-state index in [9.17, 15) is 4.79 Å². The fraction of sp³-hybridized carbons (Fsp3) is 0.333. The topological polar surface area (TPSA) is 76.2 Å². The number of benzene rings is 1. The smallest absolute Gasteiger partial charge is 0.261 e. The Morgan fingerprint density at radius 1 is 1.20 bits per heavy atom. The van der Waals surface area contributed by atoms with Crippen molar-refractivity contribution >= 4 is 27.5 Å². The lowest BCUT2D eigenvalue weighted by Gasteiger charge is -2.10. The molecule has 1 aromatic carbocycles. The van der Waals surface area contributed by atoms with Crippen LogP contribution in [0.15, 0.2) is 23.0 Å². The molecule has 25 heavy (non-hydrogen) atoms. The first-order valence-electron chi connectivity index (χ1n) is 7.98. The second-order valence-corrected chi connectivity index (χ2v) is 6.95. The van der Waals surface area contributed by atoms with Gasteiger partial charge in [-0.2, -0.15) is 0 Å². The molecule has 2 N–H and O–H groups in total. The van der Waals surface area contributed by atoms with Gasteiger partial charge >= 0.3 is 0 Å². The fourth-order valence-corrected chi connectivity index (χ4v) is 3.73.